The second-order valence-corrected chi connectivity index (χ2v) is 1.16. The van der Waals surface area contributed by atoms with Gasteiger partial charge >= 0.3 is 49.6 Å². The standard InChI is InChI=1S/C2H3O4P.Ca.2H/c3-1(4)6-2(5)7;;;/h7H2,(H,3,4);;;/q;+2;2*-1. The van der Waals surface area contributed by atoms with Crippen molar-refractivity contribution >= 4 is 58.8 Å². The number of rotatable bonds is 0. The summed E-state index contributed by atoms with van der Waals surface area (Å²) in [6.45, 7) is 0. The Morgan fingerprint density at radius 1 is 1.62 bits per heavy atom. The number of ether oxygens (including phenoxy) is 1. The summed E-state index contributed by atoms with van der Waals surface area (Å²) >= 11 is 0. The quantitative estimate of drug-likeness (QED) is 0.245. The third-order valence-corrected chi connectivity index (χ3v) is 0.306. The summed E-state index contributed by atoms with van der Waals surface area (Å²) < 4.78 is 3.49. The van der Waals surface area contributed by atoms with Crippen molar-refractivity contribution in [3.63, 3.8) is 0 Å². The van der Waals surface area contributed by atoms with Crippen molar-refractivity contribution in [3.05, 3.63) is 0 Å². The molecule has 44 valence electrons. The molecule has 0 bridgehead atoms. The molecule has 0 aliphatic rings. The van der Waals surface area contributed by atoms with E-state index in [-0.39, 0.29) is 40.6 Å². The molecule has 0 spiro atoms. The van der Waals surface area contributed by atoms with Crippen LogP contribution in [0.1, 0.15) is 2.85 Å². The van der Waals surface area contributed by atoms with Crippen molar-refractivity contribution in [1.29, 1.82) is 0 Å². The summed E-state index contributed by atoms with van der Waals surface area (Å²) in [7, 11) is 1.56. The van der Waals surface area contributed by atoms with Gasteiger partial charge in [-0.3, -0.25) is 0 Å². The first-order valence-corrected chi connectivity index (χ1v) is 1.91. The molecule has 0 saturated heterocycles. The van der Waals surface area contributed by atoms with Gasteiger partial charge in [0.05, 0.1) is 0 Å². The molecule has 1 unspecified atom stereocenters. The van der Waals surface area contributed by atoms with Crippen LogP contribution in [0.3, 0.4) is 0 Å². The fourth-order valence-corrected chi connectivity index (χ4v) is 0.187. The van der Waals surface area contributed by atoms with Crippen molar-refractivity contribution in [3.8, 4) is 0 Å². The Kier molecular flexibility index (Phi) is 8.23. The van der Waals surface area contributed by atoms with Crippen LogP contribution in [0.2, 0.25) is 0 Å². The molecule has 0 fully saturated rings. The second kappa shape index (κ2) is 5.76. The van der Waals surface area contributed by atoms with Gasteiger partial charge in [0, 0.05) is 0 Å². The van der Waals surface area contributed by atoms with Gasteiger partial charge in [-0.15, -0.1) is 0 Å². The zero-order chi connectivity index (χ0) is 5.86. The molecule has 4 nitrogen and oxygen atoms in total. The summed E-state index contributed by atoms with van der Waals surface area (Å²) in [5.41, 5.74) is -0.896. The van der Waals surface area contributed by atoms with E-state index in [0.29, 0.717) is 0 Å². The maximum atomic E-state index is 9.61. The van der Waals surface area contributed by atoms with Gasteiger partial charge < -0.3 is 12.7 Å². The summed E-state index contributed by atoms with van der Waals surface area (Å²) in [6.07, 6.45) is -1.58. The van der Waals surface area contributed by atoms with Crippen molar-refractivity contribution in [2.45, 2.75) is 0 Å². The Balaban J connectivity index is -0.0000000600. The number of hydrogen-bond donors (Lipinski definition) is 1. The molecule has 8 heavy (non-hydrogen) atoms. The molecule has 0 saturated carbocycles. The van der Waals surface area contributed by atoms with Crippen molar-refractivity contribution in [2.75, 3.05) is 0 Å². The van der Waals surface area contributed by atoms with E-state index in [0.717, 1.165) is 0 Å². The minimum absolute atomic E-state index is 0. The van der Waals surface area contributed by atoms with Crippen LogP contribution in [0, 0.1) is 0 Å². The molecule has 1 atom stereocenters. The minimum Gasteiger partial charge on any atom is -1.00 e. The van der Waals surface area contributed by atoms with E-state index in [9.17, 15) is 9.59 Å². The first kappa shape index (κ1) is 11.4. The fourth-order valence-electron chi connectivity index (χ4n) is 0.0861. The van der Waals surface area contributed by atoms with Gasteiger partial charge in [-0.2, -0.15) is 0 Å². The smallest absolute Gasteiger partial charge is 1.00 e. The summed E-state index contributed by atoms with van der Waals surface area (Å²) in [5.74, 6) is 0. The van der Waals surface area contributed by atoms with Crippen LogP contribution < -0.4 is 0 Å². The molecular formula is C2H5CaO4P. The normalized spacial score (nSPS) is 6.62. The molecule has 0 heterocycles. The SMILES string of the molecule is O=C(O)OC(=O)P.[Ca+2].[H-].[H-]. The van der Waals surface area contributed by atoms with Crippen molar-refractivity contribution in [2.24, 2.45) is 0 Å². The minimum atomic E-state index is -1.58. The van der Waals surface area contributed by atoms with Crippen molar-refractivity contribution < 1.29 is 22.3 Å². The van der Waals surface area contributed by atoms with Gasteiger partial charge in [0.25, 0.3) is 0 Å². The van der Waals surface area contributed by atoms with Crippen LogP contribution in [0.25, 0.3) is 0 Å². The maximum Gasteiger partial charge on any atom is 2.00 e. The number of hydrogen-bond acceptors (Lipinski definition) is 3. The van der Waals surface area contributed by atoms with Crippen LogP contribution in [-0.4, -0.2) is 54.7 Å². The topological polar surface area (TPSA) is 63.6 Å². The molecule has 1 N–H and O–H groups in total. The number of carbonyl (C=O) groups is 2. The van der Waals surface area contributed by atoms with Gasteiger partial charge in [-0.05, 0) is 9.24 Å². The Bertz CT molecular complexity index is 97.4. The molecule has 0 radical (unpaired) electrons. The van der Waals surface area contributed by atoms with E-state index in [1.54, 1.807) is 9.24 Å². The molecule has 0 aliphatic carbocycles. The van der Waals surface area contributed by atoms with E-state index in [1.165, 1.54) is 0 Å². The molecule has 0 amide bonds. The molecule has 0 aliphatic heterocycles. The Morgan fingerprint density at radius 2 is 2.00 bits per heavy atom. The van der Waals surface area contributed by atoms with Crippen LogP contribution >= 0.6 is 9.24 Å². The third kappa shape index (κ3) is 9.80. The maximum absolute atomic E-state index is 9.61. The van der Waals surface area contributed by atoms with Crippen LogP contribution in [0.4, 0.5) is 9.59 Å². The van der Waals surface area contributed by atoms with Gasteiger partial charge in [-0.1, -0.05) is 0 Å². The third-order valence-electron chi connectivity index (χ3n) is 0.188. The van der Waals surface area contributed by atoms with Gasteiger partial charge in [-0.25, -0.2) is 9.59 Å². The molecule has 0 aromatic carbocycles. The number of carbonyl (C=O) groups excluding carboxylic acids is 1. The zero-order valence-electron chi connectivity index (χ0n) is 5.96. The number of carboxylic acid groups (broad SMARTS) is 1. The van der Waals surface area contributed by atoms with E-state index in [4.69, 9.17) is 5.11 Å². The first-order valence-electron chi connectivity index (χ1n) is 1.33. The van der Waals surface area contributed by atoms with E-state index < -0.39 is 11.9 Å². The van der Waals surface area contributed by atoms with Gasteiger partial charge in [0.1, 0.15) is 0 Å². The van der Waals surface area contributed by atoms with E-state index in [1.807, 2.05) is 0 Å². The Morgan fingerprint density at radius 3 is 2.00 bits per heavy atom. The largest absolute Gasteiger partial charge is 2.00 e. The summed E-state index contributed by atoms with van der Waals surface area (Å²) in [4.78, 5) is 19.0. The fraction of sp³-hybridized carbons (Fsp3) is 0. The zero-order valence-corrected chi connectivity index (χ0v) is 7.32. The first-order chi connectivity index (χ1) is 3.13. The Labute approximate surface area is 80.8 Å². The average Bonchev–Trinajstić information content (AvgIpc) is 1.27. The monoisotopic (exact) mass is 164 g/mol. The van der Waals surface area contributed by atoms with E-state index in [2.05, 4.69) is 4.74 Å². The molecule has 6 heteroatoms. The Hall–Kier alpha value is 0.630. The predicted octanol–water partition coefficient (Wildman–Crippen LogP) is 0.520. The summed E-state index contributed by atoms with van der Waals surface area (Å²) in [5, 5.41) is 7.63. The molecule has 0 rings (SSSR count). The van der Waals surface area contributed by atoms with Crippen LogP contribution in [0.15, 0.2) is 0 Å². The second-order valence-electron chi connectivity index (χ2n) is 0.687. The van der Waals surface area contributed by atoms with Crippen molar-refractivity contribution in [1.82, 2.24) is 0 Å². The molecule has 0 aromatic rings. The van der Waals surface area contributed by atoms with Crippen LogP contribution in [-0.2, 0) is 4.74 Å². The molecule has 0 aromatic heterocycles. The van der Waals surface area contributed by atoms with Crippen LogP contribution in [0.5, 0.6) is 0 Å². The predicted molar refractivity (Wildman–Crippen MR) is 32.2 cm³/mol. The average molecular weight is 164 g/mol. The van der Waals surface area contributed by atoms with E-state index >= 15 is 0 Å². The molecular weight excluding hydrogens is 159 g/mol. The van der Waals surface area contributed by atoms with Gasteiger partial charge in [0.2, 0.25) is 0 Å². The van der Waals surface area contributed by atoms with Gasteiger partial charge in [0.15, 0.2) is 0 Å². The summed E-state index contributed by atoms with van der Waals surface area (Å²) in [6, 6.07) is 0.